The highest BCUT2D eigenvalue weighted by atomic mass is 16.5. The number of nitrogens with zero attached hydrogens (tertiary/aromatic N) is 1. The Morgan fingerprint density at radius 2 is 2.15 bits per heavy atom. The summed E-state index contributed by atoms with van der Waals surface area (Å²) in [6.45, 7) is 7.99. The first-order valence-corrected chi connectivity index (χ1v) is 7.59. The number of anilines is 1. The van der Waals surface area contributed by atoms with Gasteiger partial charge in [-0.3, -0.25) is 0 Å². The van der Waals surface area contributed by atoms with Gasteiger partial charge < -0.3 is 15.4 Å². The van der Waals surface area contributed by atoms with Gasteiger partial charge in [0.2, 0.25) is 0 Å². The molecule has 0 aliphatic carbocycles. The number of nitrogens with two attached hydrogens (primary N) is 1. The van der Waals surface area contributed by atoms with Crippen molar-refractivity contribution in [3.63, 3.8) is 0 Å². The van der Waals surface area contributed by atoms with E-state index in [9.17, 15) is 0 Å². The van der Waals surface area contributed by atoms with E-state index < -0.39 is 0 Å². The van der Waals surface area contributed by atoms with Gasteiger partial charge in [0.05, 0.1) is 11.1 Å². The highest BCUT2D eigenvalue weighted by molar-refractivity contribution is 5.50. The fourth-order valence-electron chi connectivity index (χ4n) is 3.26. The molecule has 1 saturated heterocycles. The topological polar surface area (TPSA) is 38.5 Å². The zero-order chi connectivity index (χ0) is 14.8. The van der Waals surface area contributed by atoms with Gasteiger partial charge in [0.25, 0.3) is 0 Å². The average molecular weight is 276 g/mol. The third-order valence-corrected chi connectivity index (χ3v) is 4.95. The first-order valence-electron chi connectivity index (χ1n) is 7.59. The van der Waals surface area contributed by atoms with Gasteiger partial charge in [-0.05, 0) is 44.4 Å². The second-order valence-electron chi connectivity index (χ2n) is 6.41. The molecule has 1 aromatic carbocycles. The van der Waals surface area contributed by atoms with Crippen LogP contribution < -0.4 is 10.6 Å². The van der Waals surface area contributed by atoms with Crippen LogP contribution in [0.25, 0.3) is 0 Å². The molecule has 0 radical (unpaired) electrons. The van der Waals surface area contributed by atoms with Gasteiger partial charge in [0.15, 0.2) is 0 Å². The van der Waals surface area contributed by atoms with Crippen molar-refractivity contribution in [1.29, 1.82) is 0 Å². The number of hydrogen-bond donors (Lipinski definition) is 1. The molecule has 2 N–H and O–H groups in total. The van der Waals surface area contributed by atoms with Crippen molar-refractivity contribution in [2.24, 2.45) is 5.73 Å². The van der Waals surface area contributed by atoms with E-state index in [1.807, 2.05) is 0 Å². The van der Waals surface area contributed by atoms with E-state index in [4.69, 9.17) is 10.5 Å². The van der Waals surface area contributed by atoms with Crippen LogP contribution in [0.2, 0.25) is 0 Å². The normalized spacial score (nSPS) is 30.2. The minimum atomic E-state index is -0.0598. The van der Waals surface area contributed by atoms with Gasteiger partial charge in [0.1, 0.15) is 0 Å². The molecule has 3 heteroatoms. The molecular formula is C17H28N2O. The SMILES string of the molecule is CCC1(C)CC(CN)(N(C)c2cccc(C)c2)CCO1. The molecule has 2 atom stereocenters. The molecule has 20 heavy (non-hydrogen) atoms. The molecular weight excluding hydrogens is 248 g/mol. The lowest BCUT2D eigenvalue weighted by atomic mass is 9.78. The minimum absolute atomic E-state index is 0.00317. The van der Waals surface area contributed by atoms with Crippen LogP contribution >= 0.6 is 0 Å². The van der Waals surface area contributed by atoms with Crippen molar-refractivity contribution in [3.05, 3.63) is 29.8 Å². The molecule has 1 heterocycles. The van der Waals surface area contributed by atoms with Crippen LogP contribution in [0.3, 0.4) is 0 Å². The number of benzene rings is 1. The van der Waals surface area contributed by atoms with Crippen LogP contribution in [0.15, 0.2) is 24.3 Å². The summed E-state index contributed by atoms with van der Waals surface area (Å²) in [5.74, 6) is 0. The number of aryl methyl sites for hydroxylation is 1. The van der Waals surface area contributed by atoms with Crippen molar-refractivity contribution in [2.45, 2.75) is 51.2 Å². The van der Waals surface area contributed by atoms with E-state index in [-0.39, 0.29) is 11.1 Å². The Bertz CT molecular complexity index is 462. The predicted molar refractivity (Wildman–Crippen MR) is 85.2 cm³/mol. The monoisotopic (exact) mass is 276 g/mol. The second kappa shape index (κ2) is 5.74. The lowest BCUT2D eigenvalue weighted by Gasteiger charge is -2.51. The summed E-state index contributed by atoms with van der Waals surface area (Å²) >= 11 is 0. The van der Waals surface area contributed by atoms with Crippen LogP contribution in [0.1, 0.15) is 38.7 Å². The zero-order valence-electron chi connectivity index (χ0n) is 13.3. The van der Waals surface area contributed by atoms with Gasteiger partial charge in [-0.2, -0.15) is 0 Å². The summed E-state index contributed by atoms with van der Waals surface area (Å²) in [5.41, 5.74) is 8.66. The third-order valence-electron chi connectivity index (χ3n) is 4.95. The Labute approximate surface area is 123 Å². The Morgan fingerprint density at radius 3 is 2.75 bits per heavy atom. The third kappa shape index (κ3) is 2.84. The lowest BCUT2D eigenvalue weighted by molar-refractivity contribution is -0.0928. The molecule has 3 nitrogen and oxygen atoms in total. The van der Waals surface area contributed by atoms with E-state index in [0.717, 1.165) is 25.9 Å². The Balaban J connectivity index is 2.30. The van der Waals surface area contributed by atoms with Crippen LogP contribution in [0.4, 0.5) is 5.69 Å². The molecule has 2 rings (SSSR count). The fourth-order valence-corrected chi connectivity index (χ4v) is 3.26. The van der Waals surface area contributed by atoms with E-state index in [0.29, 0.717) is 6.54 Å². The first-order chi connectivity index (χ1) is 9.45. The fraction of sp³-hybridized carbons (Fsp3) is 0.647. The van der Waals surface area contributed by atoms with Crippen molar-refractivity contribution in [3.8, 4) is 0 Å². The van der Waals surface area contributed by atoms with Crippen LogP contribution in [-0.2, 0) is 4.74 Å². The molecule has 1 fully saturated rings. The van der Waals surface area contributed by atoms with E-state index in [1.54, 1.807) is 0 Å². The van der Waals surface area contributed by atoms with Crippen molar-refractivity contribution in [1.82, 2.24) is 0 Å². The maximum Gasteiger partial charge on any atom is 0.0674 e. The molecule has 0 aromatic heterocycles. The summed E-state index contributed by atoms with van der Waals surface area (Å²) in [4.78, 5) is 2.37. The molecule has 2 unspecified atom stereocenters. The summed E-state index contributed by atoms with van der Waals surface area (Å²) in [6, 6.07) is 8.65. The quantitative estimate of drug-likeness (QED) is 0.918. The Morgan fingerprint density at radius 1 is 1.40 bits per heavy atom. The second-order valence-corrected chi connectivity index (χ2v) is 6.41. The average Bonchev–Trinajstić information content (AvgIpc) is 2.46. The predicted octanol–water partition coefficient (Wildman–Crippen LogP) is 3.11. The van der Waals surface area contributed by atoms with Crippen molar-refractivity contribution in [2.75, 3.05) is 25.1 Å². The van der Waals surface area contributed by atoms with Crippen LogP contribution in [0, 0.1) is 6.92 Å². The minimum Gasteiger partial charge on any atom is -0.375 e. The van der Waals surface area contributed by atoms with E-state index in [2.05, 4.69) is 57.0 Å². The molecule has 0 amide bonds. The maximum atomic E-state index is 6.19. The number of ether oxygens (including phenoxy) is 1. The first kappa shape index (κ1) is 15.3. The molecule has 1 aromatic rings. The maximum absolute atomic E-state index is 6.19. The summed E-state index contributed by atoms with van der Waals surface area (Å²) in [5, 5.41) is 0. The van der Waals surface area contributed by atoms with Crippen LogP contribution in [-0.4, -0.2) is 31.3 Å². The summed E-state index contributed by atoms with van der Waals surface area (Å²) in [6.07, 6.45) is 3.00. The van der Waals surface area contributed by atoms with Crippen molar-refractivity contribution >= 4 is 5.69 Å². The van der Waals surface area contributed by atoms with Crippen LogP contribution in [0.5, 0.6) is 0 Å². The number of rotatable bonds is 4. The van der Waals surface area contributed by atoms with E-state index in [1.165, 1.54) is 11.3 Å². The highest BCUT2D eigenvalue weighted by Gasteiger charge is 2.44. The molecule has 1 aliphatic rings. The van der Waals surface area contributed by atoms with Crippen molar-refractivity contribution < 1.29 is 4.74 Å². The largest absolute Gasteiger partial charge is 0.375 e. The molecule has 112 valence electrons. The van der Waals surface area contributed by atoms with Gasteiger partial charge >= 0.3 is 0 Å². The molecule has 0 saturated carbocycles. The van der Waals surface area contributed by atoms with Gasteiger partial charge in [0, 0.05) is 32.3 Å². The lowest BCUT2D eigenvalue weighted by Crippen LogP contribution is -2.60. The Hall–Kier alpha value is -1.06. The highest BCUT2D eigenvalue weighted by Crippen LogP contribution is 2.39. The van der Waals surface area contributed by atoms with Gasteiger partial charge in [-0.15, -0.1) is 0 Å². The van der Waals surface area contributed by atoms with Gasteiger partial charge in [-0.25, -0.2) is 0 Å². The number of likely N-dealkylation sites (N-methyl/N-ethyl adjacent to an activating group) is 1. The standard InChI is InChI=1S/C17H28N2O/c1-5-16(3)12-17(13-18,9-10-20-16)19(4)15-8-6-7-14(2)11-15/h6-8,11H,5,9-10,12-13,18H2,1-4H3. The summed E-state index contributed by atoms with van der Waals surface area (Å²) in [7, 11) is 2.17. The molecule has 1 aliphatic heterocycles. The summed E-state index contributed by atoms with van der Waals surface area (Å²) < 4.78 is 6.00. The van der Waals surface area contributed by atoms with E-state index >= 15 is 0 Å². The zero-order valence-corrected chi connectivity index (χ0v) is 13.3. The smallest absolute Gasteiger partial charge is 0.0674 e. The molecule has 0 bridgehead atoms. The molecule has 0 spiro atoms. The van der Waals surface area contributed by atoms with Gasteiger partial charge in [-0.1, -0.05) is 19.1 Å². The number of hydrogen-bond acceptors (Lipinski definition) is 3. The Kier molecular flexibility index (Phi) is 4.40.